The van der Waals surface area contributed by atoms with Crippen molar-refractivity contribution in [1.29, 1.82) is 0 Å². The van der Waals surface area contributed by atoms with E-state index in [9.17, 15) is 9.59 Å². The van der Waals surface area contributed by atoms with Gasteiger partial charge in [-0.2, -0.15) is 0 Å². The second-order valence-electron chi connectivity index (χ2n) is 5.99. The molecule has 0 saturated carbocycles. The first kappa shape index (κ1) is 18.2. The molecule has 1 aromatic carbocycles. The second kappa shape index (κ2) is 8.19. The minimum absolute atomic E-state index is 0.0526. The molecule has 0 atom stereocenters. The Labute approximate surface area is 156 Å². The molecule has 0 fully saturated rings. The molecule has 0 radical (unpaired) electrons. The molecule has 2 heterocycles. The zero-order valence-electron chi connectivity index (χ0n) is 14.9. The number of aromatic nitrogens is 2. The average Bonchev–Trinajstić information content (AvgIpc) is 2.64. The summed E-state index contributed by atoms with van der Waals surface area (Å²) in [6, 6.07) is 14.9. The molecule has 0 saturated heterocycles. The van der Waals surface area contributed by atoms with Crippen molar-refractivity contribution < 1.29 is 4.79 Å². The summed E-state index contributed by atoms with van der Waals surface area (Å²) in [5.74, 6) is 0.923. The molecule has 0 spiro atoms. The van der Waals surface area contributed by atoms with Gasteiger partial charge in [0.1, 0.15) is 5.65 Å². The predicted molar refractivity (Wildman–Crippen MR) is 107 cm³/mol. The summed E-state index contributed by atoms with van der Waals surface area (Å²) in [6.45, 7) is 4.52. The highest BCUT2D eigenvalue weighted by Crippen LogP contribution is 2.16. The van der Waals surface area contributed by atoms with Gasteiger partial charge in [-0.05, 0) is 37.6 Å². The number of carbonyl (C=O) groups is 1. The van der Waals surface area contributed by atoms with Gasteiger partial charge < -0.3 is 4.90 Å². The van der Waals surface area contributed by atoms with Crippen LogP contribution >= 0.6 is 11.8 Å². The van der Waals surface area contributed by atoms with Crippen molar-refractivity contribution >= 4 is 29.0 Å². The number of anilines is 1. The number of para-hydroxylation sites is 1. The maximum Gasteiger partial charge on any atom is 0.258 e. The molecule has 26 heavy (non-hydrogen) atoms. The smallest absolute Gasteiger partial charge is 0.258 e. The Hall–Kier alpha value is -2.60. The molecule has 3 aromatic rings. The number of pyridine rings is 1. The highest BCUT2D eigenvalue weighted by Gasteiger charge is 2.13. The van der Waals surface area contributed by atoms with Crippen molar-refractivity contribution in [2.24, 2.45) is 0 Å². The van der Waals surface area contributed by atoms with Gasteiger partial charge in [-0.3, -0.25) is 14.0 Å². The van der Waals surface area contributed by atoms with Crippen LogP contribution in [-0.2, 0) is 10.5 Å². The van der Waals surface area contributed by atoms with Crippen LogP contribution in [0.3, 0.4) is 0 Å². The molecule has 6 heteroatoms. The molecule has 5 nitrogen and oxygen atoms in total. The summed E-state index contributed by atoms with van der Waals surface area (Å²) in [5.41, 5.74) is 3.14. The molecule has 2 aromatic heterocycles. The van der Waals surface area contributed by atoms with Crippen LogP contribution in [0.1, 0.15) is 18.2 Å². The van der Waals surface area contributed by atoms with Crippen molar-refractivity contribution in [3.05, 3.63) is 76.3 Å². The molecule has 0 bridgehead atoms. The highest BCUT2D eigenvalue weighted by molar-refractivity contribution is 7.99. The van der Waals surface area contributed by atoms with E-state index in [1.54, 1.807) is 21.6 Å². The summed E-state index contributed by atoms with van der Waals surface area (Å²) in [6.07, 6.45) is 1.78. The van der Waals surface area contributed by atoms with Gasteiger partial charge in [-0.25, -0.2) is 4.98 Å². The van der Waals surface area contributed by atoms with Gasteiger partial charge in [0.05, 0.1) is 11.4 Å². The predicted octanol–water partition coefficient (Wildman–Crippen LogP) is 3.29. The number of carbonyl (C=O) groups excluding carboxylic acids is 1. The fraction of sp³-hybridized carbons (Fsp3) is 0.250. The Balaban J connectivity index is 1.66. The average molecular weight is 367 g/mol. The van der Waals surface area contributed by atoms with Gasteiger partial charge in [0.2, 0.25) is 5.91 Å². The fourth-order valence-corrected chi connectivity index (χ4v) is 3.55. The van der Waals surface area contributed by atoms with Crippen molar-refractivity contribution in [3.8, 4) is 0 Å². The molecule has 3 rings (SSSR count). The summed E-state index contributed by atoms with van der Waals surface area (Å²) in [5, 5.41) is 0. The third kappa shape index (κ3) is 4.14. The quantitative estimate of drug-likeness (QED) is 0.671. The van der Waals surface area contributed by atoms with E-state index in [0.717, 1.165) is 11.3 Å². The fourth-order valence-electron chi connectivity index (χ4n) is 2.76. The van der Waals surface area contributed by atoms with Gasteiger partial charge in [0.25, 0.3) is 5.56 Å². The maximum absolute atomic E-state index is 12.5. The lowest BCUT2D eigenvalue weighted by molar-refractivity contribution is -0.116. The summed E-state index contributed by atoms with van der Waals surface area (Å²) in [7, 11) is 0. The Morgan fingerprint density at radius 3 is 2.69 bits per heavy atom. The first-order valence-electron chi connectivity index (χ1n) is 8.50. The molecule has 0 N–H and O–H groups in total. The van der Waals surface area contributed by atoms with Gasteiger partial charge in [0, 0.05) is 30.2 Å². The topological polar surface area (TPSA) is 54.7 Å². The van der Waals surface area contributed by atoms with Gasteiger partial charge in [-0.15, -0.1) is 11.8 Å². The van der Waals surface area contributed by atoms with Gasteiger partial charge in [-0.1, -0.05) is 24.3 Å². The van der Waals surface area contributed by atoms with E-state index < -0.39 is 0 Å². The maximum atomic E-state index is 12.5. The normalized spacial score (nSPS) is 10.8. The van der Waals surface area contributed by atoms with Gasteiger partial charge in [0.15, 0.2) is 0 Å². The van der Waals surface area contributed by atoms with Crippen LogP contribution in [0.2, 0.25) is 0 Å². The van der Waals surface area contributed by atoms with Crippen LogP contribution in [0.4, 0.5) is 5.69 Å². The Morgan fingerprint density at radius 2 is 1.96 bits per heavy atom. The lowest BCUT2D eigenvalue weighted by Gasteiger charge is -2.20. The van der Waals surface area contributed by atoms with Crippen LogP contribution in [-0.4, -0.2) is 27.6 Å². The molecule has 0 aliphatic carbocycles. The number of aryl methyl sites for hydroxylation is 1. The zero-order valence-corrected chi connectivity index (χ0v) is 15.7. The van der Waals surface area contributed by atoms with Crippen molar-refractivity contribution in [2.75, 3.05) is 17.2 Å². The molecule has 0 unspecified atom stereocenters. The summed E-state index contributed by atoms with van der Waals surface area (Å²) in [4.78, 5) is 31.0. The van der Waals surface area contributed by atoms with E-state index in [-0.39, 0.29) is 11.5 Å². The van der Waals surface area contributed by atoms with E-state index in [2.05, 4.69) is 4.98 Å². The first-order valence-corrected chi connectivity index (χ1v) is 9.66. The lowest BCUT2D eigenvalue weighted by Crippen LogP contribution is -2.32. The number of hydrogen-bond acceptors (Lipinski definition) is 4. The Morgan fingerprint density at radius 1 is 1.19 bits per heavy atom. The number of thioether (sulfide) groups is 1. The van der Waals surface area contributed by atoms with E-state index in [0.29, 0.717) is 29.4 Å². The monoisotopic (exact) mass is 367 g/mol. The van der Waals surface area contributed by atoms with E-state index >= 15 is 0 Å². The lowest BCUT2D eigenvalue weighted by atomic mass is 10.3. The van der Waals surface area contributed by atoms with Crippen LogP contribution in [0.15, 0.2) is 59.5 Å². The molecule has 0 aliphatic rings. The largest absolute Gasteiger partial charge is 0.312 e. The number of fused-ring (bicyclic) bond motifs is 1. The highest BCUT2D eigenvalue weighted by atomic mass is 32.2. The van der Waals surface area contributed by atoms with Crippen molar-refractivity contribution in [2.45, 2.75) is 19.6 Å². The minimum atomic E-state index is -0.0971. The molecular weight excluding hydrogens is 346 g/mol. The molecule has 134 valence electrons. The van der Waals surface area contributed by atoms with Gasteiger partial charge >= 0.3 is 0 Å². The van der Waals surface area contributed by atoms with Crippen LogP contribution in [0.25, 0.3) is 5.65 Å². The number of hydrogen-bond donors (Lipinski definition) is 0. The zero-order chi connectivity index (χ0) is 18.5. The van der Waals surface area contributed by atoms with E-state index in [4.69, 9.17) is 0 Å². The SMILES string of the molecule is CCN(C(=O)CSCc1cc(=O)n2cc(C)ccc2n1)c1ccccc1. The summed E-state index contributed by atoms with van der Waals surface area (Å²) >= 11 is 1.47. The van der Waals surface area contributed by atoms with Crippen LogP contribution in [0, 0.1) is 6.92 Å². The van der Waals surface area contributed by atoms with Crippen molar-refractivity contribution in [1.82, 2.24) is 9.38 Å². The number of amides is 1. The number of rotatable bonds is 6. The Kier molecular flexibility index (Phi) is 5.73. The van der Waals surface area contributed by atoms with E-state index in [1.165, 1.54) is 11.8 Å². The number of nitrogens with zero attached hydrogens (tertiary/aromatic N) is 3. The molecule has 0 aliphatic heterocycles. The second-order valence-corrected chi connectivity index (χ2v) is 6.97. The summed E-state index contributed by atoms with van der Waals surface area (Å²) < 4.78 is 1.54. The molecule has 1 amide bonds. The third-order valence-corrected chi connectivity index (χ3v) is 4.97. The number of benzene rings is 1. The molecular formula is C20H21N3O2S. The Bertz CT molecular complexity index is 970. The first-order chi connectivity index (χ1) is 12.6. The van der Waals surface area contributed by atoms with E-state index in [1.807, 2.05) is 56.3 Å². The van der Waals surface area contributed by atoms with Crippen LogP contribution in [0.5, 0.6) is 0 Å². The minimum Gasteiger partial charge on any atom is -0.312 e. The third-order valence-electron chi connectivity index (χ3n) is 4.02. The standard InChI is InChI=1S/C20H21N3O2S/c1-3-22(17-7-5-4-6-8-17)20(25)14-26-13-16-11-19(24)23-12-15(2)9-10-18(23)21-16/h4-12H,3,13-14H2,1-2H3. The van der Waals surface area contributed by atoms with Crippen molar-refractivity contribution in [3.63, 3.8) is 0 Å². The van der Waals surface area contributed by atoms with Crippen LogP contribution < -0.4 is 10.5 Å².